The average Bonchev–Trinajstić information content (AvgIpc) is 3.15. The van der Waals surface area contributed by atoms with Crippen molar-refractivity contribution in [1.29, 1.82) is 0 Å². The SMILES string of the molecule is CCC(C)(C)[C@@H]1C/C(=C\c2c(C)nn(-c3ccc(F)cc3)c2Cl)c2nc3ccccc3c(C(=O)O)c2C1. The van der Waals surface area contributed by atoms with Gasteiger partial charge in [0.2, 0.25) is 0 Å². The number of hydrogen-bond donors (Lipinski definition) is 1. The summed E-state index contributed by atoms with van der Waals surface area (Å²) in [5.74, 6) is -1.05. The van der Waals surface area contributed by atoms with Crippen LogP contribution < -0.4 is 0 Å². The molecule has 190 valence electrons. The van der Waals surface area contributed by atoms with Gasteiger partial charge in [0.1, 0.15) is 11.0 Å². The van der Waals surface area contributed by atoms with Crippen molar-refractivity contribution in [3.05, 3.63) is 87.6 Å². The van der Waals surface area contributed by atoms with E-state index < -0.39 is 5.97 Å². The molecule has 0 saturated heterocycles. The van der Waals surface area contributed by atoms with Gasteiger partial charge in [-0.25, -0.2) is 18.9 Å². The van der Waals surface area contributed by atoms with Crippen LogP contribution in [0.2, 0.25) is 5.15 Å². The Morgan fingerprint density at radius 1 is 1.19 bits per heavy atom. The Labute approximate surface area is 220 Å². The maximum atomic E-state index is 13.5. The number of rotatable bonds is 5. The standard InChI is InChI=1S/C30H29ClFN3O2/c1-5-30(3,4)19-14-18(15-23-17(2)34-35(28(23)31)21-12-10-20(32)11-13-21)27-24(16-19)26(29(36)37)22-8-6-7-9-25(22)33-27/h6-13,15,19H,5,14,16H2,1-4H3,(H,36,37)/b18-15+/t19-/m1/s1. The molecule has 2 aromatic heterocycles. The fourth-order valence-corrected chi connectivity index (χ4v) is 5.54. The highest BCUT2D eigenvalue weighted by Gasteiger charge is 2.36. The number of para-hydroxylation sites is 1. The van der Waals surface area contributed by atoms with Crippen LogP contribution in [0.1, 0.15) is 66.5 Å². The first kappa shape index (κ1) is 25.2. The number of aromatic carboxylic acids is 1. The number of halogens is 2. The molecule has 7 heteroatoms. The number of carbonyl (C=O) groups is 1. The molecule has 0 bridgehead atoms. The second-order valence-corrected chi connectivity index (χ2v) is 10.8. The van der Waals surface area contributed by atoms with E-state index in [1.54, 1.807) is 16.8 Å². The number of aromatic nitrogens is 3. The molecular formula is C30H29ClFN3O2. The van der Waals surface area contributed by atoms with Gasteiger partial charge in [-0.1, -0.05) is 57.0 Å². The van der Waals surface area contributed by atoms with E-state index in [9.17, 15) is 14.3 Å². The van der Waals surface area contributed by atoms with Gasteiger partial charge in [0, 0.05) is 10.9 Å². The second kappa shape index (κ2) is 9.42. The molecule has 37 heavy (non-hydrogen) atoms. The molecule has 0 saturated carbocycles. The van der Waals surface area contributed by atoms with E-state index in [2.05, 4.69) is 25.9 Å². The molecule has 1 atom stereocenters. The summed E-state index contributed by atoms with van der Waals surface area (Å²) in [6.45, 7) is 8.52. The fourth-order valence-electron chi connectivity index (χ4n) is 5.21. The number of allylic oxidation sites excluding steroid dienone is 1. The summed E-state index contributed by atoms with van der Waals surface area (Å²) in [5.41, 5.74) is 5.54. The fraction of sp³-hybridized carbons (Fsp3) is 0.300. The summed E-state index contributed by atoms with van der Waals surface area (Å²) in [4.78, 5) is 17.5. The normalized spacial score (nSPS) is 16.8. The van der Waals surface area contributed by atoms with Gasteiger partial charge in [0.15, 0.2) is 0 Å². The summed E-state index contributed by atoms with van der Waals surface area (Å²) < 4.78 is 15.1. The number of carboxylic acids is 1. The Kier molecular flexibility index (Phi) is 6.40. The molecule has 0 amide bonds. The number of pyridine rings is 1. The van der Waals surface area contributed by atoms with Crippen LogP contribution in [0.4, 0.5) is 4.39 Å². The van der Waals surface area contributed by atoms with Crippen molar-refractivity contribution in [2.45, 2.75) is 47.0 Å². The average molecular weight is 518 g/mol. The van der Waals surface area contributed by atoms with Crippen molar-refractivity contribution in [2.24, 2.45) is 11.3 Å². The lowest BCUT2D eigenvalue weighted by Gasteiger charge is -2.38. The van der Waals surface area contributed by atoms with Crippen LogP contribution in [0, 0.1) is 24.1 Å². The Balaban J connectivity index is 1.74. The highest BCUT2D eigenvalue weighted by Crippen LogP contribution is 2.46. The smallest absolute Gasteiger partial charge is 0.336 e. The third-order valence-corrected chi connectivity index (χ3v) is 8.25. The molecule has 2 aromatic carbocycles. The van der Waals surface area contributed by atoms with E-state index in [0.717, 1.165) is 35.2 Å². The molecule has 1 aliphatic rings. The van der Waals surface area contributed by atoms with Crippen molar-refractivity contribution in [1.82, 2.24) is 14.8 Å². The highest BCUT2D eigenvalue weighted by molar-refractivity contribution is 6.31. The van der Waals surface area contributed by atoms with Crippen LogP contribution in [0.25, 0.3) is 28.2 Å². The van der Waals surface area contributed by atoms with Gasteiger partial charge in [-0.3, -0.25) is 0 Å². The largest absolute Gasteiger partial charge is 0.478 e. The minimum Gasteiger partial charge on any atom is -0.478 e. The first-order valence-electron chi connectivity index (χ1n) is 12.5. The Bertz CT molecular complexity index is 1550. The first-order chi connectivity index (χ1) is 17.6. The van der Waals surface area contributed by atoms with Crippen molar-refractivity contribution in [2.75, 3.05) is 0 Å². The predicted molar refractivity (Wildman–Crippen MR) is 146 cm³/mol. The maximum absolute atomic E-state index is 13.5. The van der Waals surface area contributed by atoms with E-state index in [1.807, 2.05) is 37.3 Å². The molecule has 0 unspecified atom stereocenters. The van der Waals surface area contributed by atoms with E-state index in [0.29, 0.717) is 39.4 Å². The van der Waals surface area contributed by atoms with Gasteiger partial charge in [-0.05, 0) is 78.6 Å². The number of carboxylic acid groups (broad SMARTS) is 1. The molecule has 5 rings (SSSR count). The van der Waals surface area contributed by atoms with Gasteiger partial charge in [-0.2, -0.15) is 5.10 Å². The van der Waals surface area contributed by atoms with Gasteiger partial charge < -0.3 is 5.11 Å². The minimum absolute atomic E-state index is 0.00463. The van der Waals surface area contributed by atoms with Gasteiger partial charge in [0.05, 0.1) is 28.2 Å². The van der Waals surface area contributed by atoms with E-state index >= 15 is 0 Å². The van der Waals surface area contributed by atoms with E-state index in [1.165, 1.54) is 12.1 Å². The van der Waals surface area contributed by atoms with Crippen molar-refractivity contribution in [3.63, 3.8) is 0 Å². The summed E-state index contributed by atoms with van der Waals surface area (Å²) in [7, 11) is 0. The zero-order valence-corrected chi connectivity index (χ0v) is 22.1. The summed E-state index contributed by atoms with van der Waals surface area (Å²) in [6, 6.07) is 13.4. The van der Waals surface area contributed by atoms with Gasteiger partial charge >= 0.3 is 5.97 Å². The van der Waals surface area contributed by atoms with E-state index in [-0.39, 0.29) is 17.2 Å². The third-order valence-electron chi connectivity index (χ3n) is 7.88. The van der Waals surface area contributed by atoms with Crippen molar-refractivity contribution < 1.29 is 14.3 Å². The number of aryl methyl sites for hydroxylation is 1. The lowest BCUT2D eigenvalue weighted by atomic mass is 9.67. The number of benzene rings is 2. The quantitative estimate of drug-likeness (QED) is 0.294. The first-order valence-corrected chi connectivity index (χ1v) is 12.9. The monoisotopic (exact) mass is 517 g/mol. The van der Waals surface area contributed by atoms with Crippen LogP contribution in [-0.2, 0) is 6.42 Å². The minimum atomic E-state index is -0.942. The number of hydrogen-bond acceptors (Lipinski definition) is 3. The second-order valence-electron chi connectivity index (χ2n) is 10.4. The Morgan fingerprint density at radius 2 is 1.89 bits per heavy atom. The molecule has 1 aliphatic carbocycles. The highest BCUT2D eigenvalue weighted by atomic mass is 35.5. The third kappa shape index (κ3) is 4.44. The van der Waals surface area contributed by atoms with Crippen LogP contribution in [0.3, 0.4) is 0 Å². The lowest BCUT2D eigenvalue weighted by molar-refractivity contribution is 0.0696. The summed E-state index contributed by atoms with van der Waals surface area (Å²) >= 11 is 6.83. The van der Waals surface area contributed by atoms with Gasteiger partial charge in [-0.15, -0.1) is 0 Å². The van der Waals surface area contributed by atoms with Crippen LogP contribution >= 0.6 is 11.6 Å². The molecule has 2 heterocycles. The maximum Gasteiger partial charge on any atom is 0.336 e. The molecular weight excluding hydrogens is 489 g/mol. The molecule has 0 fully saturated rings. The zero-order valence-electron chi connectivity index (χ0n) is 21.3. The number of nitrogens with zero attached hydrogens (tertiary/aromatic N) is 3. The topological polar surface area (TPSA) is 68.0 Å². The molecule has 0 spiro atoms. The molecule has 5 nitrogen and oxygen atoms in total. The summed E-state index contributed by atoms with van der Waals surface area (Å²) in [5, 5.41) is 16.0. The molecule has 4 aromatic rings. The van der Waals surface area contributed by atoms with Crippen molar-refractivity contribution >= 4 is 40.1 Å². The Hall–Kier alpha value is -3.51. The van der Waals surface area contributed by atoms with E-state index in [4.69, 9.17) is 16.6 Å². The predicted octanol–water partition coefficient (Wildman–Crippen LogP) is 7.76. The van der Waals surface area contributed by atoms with Crippen LogP contribution in [-0.4, -0.2) is 25.8 Å². The molecule has 0 aliphatic heterocycles. The van der Waals surface area contributed by atoms with Crippen molar-refractivity contribution in [3.8, 4) is 5.69 Å². The Morgan fingerprint density at radius 3 is 2.57 bits per heavy atom. The van der Waals surface area contributed by atoms with Gasteiger partial charge in [0.25, 0.3) is 0 Å². The lowest BCUT2D eigenvalue weighted by Crippen LogP contribution is -2.30. The molecule has 1 N–H and O–H groups in total. The van der Waals surface area contributed by atoms with Crippen LogP contribution in [0.5, 0.6) is 0 Å². The zero-order chi connectivity index (χ0) is 26.5. The number of fused-ring (bicyclic) bond motifs is 2. The van der Waals surface area contributed by atoms with Crippen LogP contribution in [0.15, 0.2) is 48.5 Å². The summed E-state index contributed by atoms with van der Waals surface area (Å²) in [6.07, 6.45) is 4.37. The molecule has 0 radical (unpaired) electrons.